The molecule has 0 unspecified atom stereocenters. The Balaban J connectivity index is 2.53. The number of halogens is 2. The van der Waals surface area contributed by atoms with E-state index in [9.17, 15) is 15.0 Å². The topological polar surface area (TPSA) is 104 Å². The molecule has 0 amide bonds. The van der Waals surface area contributed by atoms with Crippen LogP contribution in [0.2, 0.25) is 0 Å². The maximum absolute atomic E-state index is 11.5. The smallest absolute Gasteiger partial charge is 0.293 e. The molecule has 0 radical (unpaired) electrons. The Kier molecular flexibility index (Phi) is 4.35. The Morgan fingerprint density at radius 1 is 1.40 bits per heavy atom. The number of aromatic hydroxyl groups is 2. The summed E-state index contributed by atoms with van der Waals surface area (Å²) in [5.74, 6) is -0.357. The molecule has 0 aliphatic rings. The summed E-state index contributed by atoms with van der Waals surface area (Å²) in [4.78, 5) is 11.5. The second-order valence-electron chi connectivity index (χ2n) is 3.53. The Hall–Kier alpha value is -1.52. The molecule has 0 atom stereocenters. The van der Waals surface area contributed by atoms with Crippen LogP contribution < -0.4 is 5.56 Å². The van der Waals surface area contributed by atoms with E-state index in [4.69, 9.17) is 12.2 Å². The van der Waals surface area contributed by atoms with Gasteiger partial charge in [0.15, 0.2) is 0 Å². The van der Waals surface area contributed by atoms with Crippen LogP contribution in [0.4, 0.5) is 0 Å². The zero-order valence-electron chi connectivity index (χ0n) is 9.54. The Morgan fingerprint density at radius 2 is 2.10 bits per heavy atom. The van der Waals surface area contributed by atoms with E-state index in [1.807, 2.05) is 0 Å². The zero-order chi connectivity index (χ0) is 14.9. The molecule has 2 rings (SSSR count). The van der Waals surface area contributed by atoms with Crippen LogP contribution in [-0.2, 0) is 0 Å². The van der Waals surface area contributed by atoms with Gasteiger partial charge in [0, 0.05) is 5.56 Å². The molecule has 0 saturated carbocycles. The molecule has 104 valence electrons. The second kappa shape index (κ2) is 5.85. The summed E-state index contributed by atoms with van der Waals surface area (Å²) >= 11 is 11.0. The Morgan fingerprint density at radius 3 is 2.75 bits per heavy atom. The van der Waals surface area contributed by atoms with Gasteiger partial charge in [0.05, 0.1) is 10.7 Å². The van der Waals surface area contributed by atoms with Crippen molar-refractivity contribution in [2.75, 3.05) is 0 Å². The number of rotatable bonds is 2. The molecule has 1 heterocycles. The molecule has 0 aliphatic carbocycles. The van der Waals surface area contributed by atoms with E-state index in [0.29, 0.717) is 4.47 Å². The number of aromatic nitrogens is 3. The molecular formula is C10H6Br2N4O3S. The van der Waals surface area contributed by atoms with Crippen molar-refractivity contribution in [2.24, 2.45) is 5.10 Å². The van der Waals surface area contributed by atoms with Crippen LogP contribution in [0.3, 0.4) is 0 Å². The number of phenols is 2. The fourth-order valence-electron chi connectivity index (χ4n) is 1.29. The lowest BCUT2D eigenvalue weighted by atomic mass is 10.2. The van der Waals surface area contributed by atoms with Crippen LogP contribution in [-0.4, -0.2) is 31.3 Å². The van der Waals surface area contributed by atoms with Gasteiger partial charge in [0.2, 0.25) is 4.77 Å². The molecule has 0 aliphatic heterocycles. The van der Waals surface area contributed by atoms with Crippen molar-refractivity contribution in [3.8, 4) is 11.5 Å². The number of H-pyrrole nitrogens is 1. The summed E-state index contributed by atoms with van der Waals surface area (Å²) in [5.41, 5.74) is -0.235. The minimum atomic E-state index is -0.513. The third kappa shape index (κ3) is 2.81. The third-order valence-electron chi connectivity index (χ3n) is 2.25. The SMILES string of the molecule is O=c1cn[nH]c(=S)n1N=Cc1cc(Br)c(O)c(Br)c1O. The standard InChI is InChI=1S/C10H6Br2N4O3S/c11-5-1-4(8(18)7(12)9(5)19)2-14-16-6(17)3-13-15-10(16)20/h1-3,18-19H,(H,15,20). The zero-order valence-corrected chi connectivity index (χ0v) is 13.5. The summed E-state index contributed by atoms with van der Waals surface area (Å²) in [6, 6.07) is 1.44. The van der Waals surface area contributed by atoms with Gasteiger partial charge in [-0.05, 0) is 50.1 Å². The molecule has 1 aromatic carbocycles. The van der Waals surface area contributed by atoms with E-state index in [1.165, 1.54) is 12.3 Å². The first kappa shape index (κ1) is 14.9. The van der Waals surface area contributed by atoms with E-state index >= 15 is 0 Å². The normalized spacial score (nSPS) is 11.1. The minimum absolute atomic E-state index is 0.0187. The van der Waals surface area contributed by atoms with Crippen molar-refractivity contribution in [3.05, 3.63) is 41.9 Å². The molecule has 2 aromatic rings. The van der Waals surface area contributed by atoms with Crippen LogP contribution in [0.5, 0.6) is 11.5 Å². The minimum Gasteiger partial charge on any atom is -0.506 e. The predicted molar refractivity (Wildman–Crippen MR) is 81.8 cm³/mol. The van der Waals surface area contributed by atoms with Gasteiger partial charge in [-0.2, -0.15) is 14.9 Å². The number of nitrogens with one attached hydrogen (secondary N) is 1. The fraction of sp³-hybridized carbons (Fsp3) is 0. The monoisotopic (exact) mass is 420 g/mol. The molecule has 0 fully saturated rings. The van der Waals surface area contributed by atoms with Crippen LogP contribution in [0.15, 0.2) is 31.1 Å². The van der Waals surface area contributed by atoms with E-state index in [2.05, 4.69) is 47.2 Å². The number of hydrogen-bond acceptors (Lipinski definition) is 6. The van der Waals surface area contributed by atoms with Crippen molar-refractivity contribution in [2.45, 2.75) is 0 Å². The predicted octanol–water partition coefficient (Wildman–Crippen LogP) is 2.12. The first-order valence-corrected chi connectivity index (χ1v) is 7.02. The summed E-state index contributed by atoms with van der Waals surface area (Å²) in [6.45, 7) is 0. The fourth-order valence-corrected chi connectivity index (χ4v) is 2.63. The molecule has 1 aromatic heterocycles. The van der Waals surface area contributed by atoms with Crippen molar-refractivity contribution in [3.63, 3.8) is 0 Å². The average Bonchev–Trinajstić information content (AvgIpc) is 2.41. The largest absolute Gasteiger partial charge is 0.506 e. The number of hydrogen-bond donors (Lipinski definition) is 3. The number of nitrogens with zero attached hydrogens (tertiary/aromatic N) is 3. The van der Waals surface area contributed by atoms with Gasteiger partial charge >= 0.3 is 0 Å². The van der Waals surface area contributed by atoms with E-state index in [-0.39, 0.29) is 26.3 Å². The number of benzene rings is 1. The molecule has 0 bridgehead atoms. The van der Waals surface area contributed by atoms with Crippen molar-refractivity contribution in [1.29, 1.82) is 0 Å². The molecule has 0 spiro atoms. The second-order valence-corrected chi connectivity index (χ2v) is 5.56. The maximum Gasteiger partial charge on any atom is 0.293 e. The summed E-state index contributed by atoms with van der Waals surface area (Å²) in [7, 11) is 0. The summed E-state index contributed by atoms with van der Waals surface area (Å²) < 4.78 is 1.40. The van der Waals surface area contributed by atoms with Gasteiger partial charge in [-0.1, -0.05) is 0 Å². The number of phenolic OH excluding ortho intramolecular Hbond substituents is 2. The first-order valence-electron chi connectivity index (χ1n) is 5.03. The van der Waals surface area contributed by atoms with Gasteiger partial charge in [-0.3, -0.25) is 9.89 Å². The third-order valence-corrected chi connectivity index (χ3v) is 3.87. The maximum atomic E-state index is 11.5. The molecule has 7 nitrogen and oxygen atoms in total. The highest BCUT2D eigenvalue weighted by atomic mass is 79.9. The van der Waals surface area contributed by atoms with Crippen LogP contribution in [0.1, 0.15) is 5.56 Å². The van der Waals surface area contributed by atoms with Gasteiger partial charge < -0.3 is 10.2 Å². The lowest BCUT2D eigenvalue weighted by Gasteiger charge is -2.06. The first-order chi connectivity index (χ1) is 9.41. The molecule has 20 heavy (non-hydrogen) atoms. The highest BCUT2D eigenvalue weighted by Gasteiger charge is 2.12. The molecule has 10 heteroatoms. The molecule has 0 saturated heterocycles. The van der Waals surface area contributed by atoms with Gasteiger partial charge in [-0.25, -0.2) is 0 Å². The van der Waals surface area contributed by atoms with Crippen molar-refractivity contribution < 1.29 is 10.2 Å². The average molecular weight is 422 g/mol. The van der Waals surface area contributed by atoms with Crippen LogP contribution in [0, 0.1) is 4.77 Å². The van der Waals surface area contributed by atoms with E-state index in [0.717, 1.165) is 10.9 Å². The molecular weight excluding hydrogens is 416 g/mol. The molecule has 3 N–H and O–H groups in total. The van der Waals surface area contributed by atoms with E-state index in [1.54, 1.807) is 0 Å². The van der Waals surface area contributed by atoms with E-state index < -0.39 is 5.56 Å². The summed E-state index contributed by atoms with van der Waals surface area (Å²) in [6.07, 6.45) is 2.25. The Bertz CT molecular complexity index is 787. The van der Waals surface area contributed by atoms with Gasteiger partial charge in [0.25, 0.3) is 5.56 Å². The van der Waals surface area contributed by atoms with Crippen LogP contribution >= 0.6 is 44.1 Å². The highest BCUT2D eigenvalue weighted by Crippen LogP contribution is 2.40. The van der Waals surface area contributed by atoms with Crippen molar-refractivity contribution in [1.82, 2.24) is 14.9 Å². The van der Waals surface area contributed by atoms with Gasteiger partial charge in [0.1, 0.15) is 22.2 Å². The van der Waals surface area contributed by atoms with Crippen molar-refractivity contribution >= 4 is 50.3 Å². The van der Waals surface area contributed by atoms with Gasteiger partial charge in [-0.15, -0.1) is 0 Å². The lowest BCUT2D eigenvalue weighted by molar-refractivity contribution is 0.441. The summed E-state index contributed by atoms with van der Waals surface area (Å²) in [5, 5.41) is 29.3. The Labute approximate surface area is 133 Å². The quantitative estimate of drug-likeness (QED) is 0.509. The number of aromatic amines is 1. The highest BCUT2D eigenvalue weighted by molar-refractivity contribution is 9.11. The van der Waals surface area contributed by atoms with Crippen LogP contribution in [0.25, 0.3) is 0 Å². The lowest BCUT2D eigenvalue weighted by Crippen LogP contribution is -2.18.